The third-order valence-corrected chi connectivity index (χ3v) is 4.47. The van der Waals surface area contributed by atoms with Crippen LogP contribution in [-0.4, -0.2) is 39.6 Å². The van der Waals surface area contributed by atoms with Crippen molar-refractivity contribution in [2.75, 3.05) is 18.8 Å². The Bertz CT molecular complexity index is 725. The fourth-order valence-electron chi connectivity index (χ4n) is 2.12. The van der Waals surface area contributed by atoms with E-state index in [-0.39, 0.29) is 17.0 Å². The van der Waals surface area contributed by atoms with Crippen LogP contribution in [0.25, 0.3) is 0 Å². The molecule has 6 heteroatoms. The predicted molar refractivity (Wildman–Crippen MR) is 93.1 cm³/mol. The number of H-pyrrole nitrogens is 1. The van der Waals surface area contributed by atoms with E-state index in [0.29, 0.717) is 18.9 Å². The molecule has 1 N–H and O–H groups in total. The normalized spacial score (nSPS) is 10.6. The molecule has 0 spiro atoms. The molecule has 0 aliphatic heterocycles. The number of amides is 1. The van der Waals surface area contributed by atoms with Crippen molar-refractivity contribution in [3.8, 4) is 0 Å². The second kappa shape index (κ2) is 7.97. The number of nitrogens with zero attached hydrogens (tertiary/aromatic N) is 2. The van der Waals surface area contributed by atoms with Crippen LogP contribution in [0.2, 0.25) is 0 Å². The van der Waals surface area contributed by atoms with Gasteiger partial charge >= 0.3 is 0 Å². The topological polar surface area (TPSA) is 66.1 Å². The fraction of sp³-hybridized carbons (Fsp3) is 0.353. The fourth-order valence-corrected chi connectivity index (χ4v) is 2.99. The smallest absolute Gasteiger partial charge is 0.263 e. The molecular weight excluding hydrogens is 310 g/mol. The van der Waals surface area contributed by atoms with Crippen LogP contribution in [0, 0.1) is 13.8 Å². The highest BCUT2D eigenvalue weighted by atomic mass is 32.2. The highest BCUT2D eigenvalue weighted by Crippen LogP contribution is 2.18. The Hall–Kier alpha value is -2.08. The summed E-state index contributed by atoms with van der Waals surface area (Å²) in [6.45, 7) is 6.79. The number of rotatable bonds is 6. The maximum Gasteiger partial charge on any atom is 0.263 e. The molecule has 0 bridgehead atoms. The van der Waals surface area contributed by atoms with E-state index in [1.54, 1.807) is 23.6 Å². The molecular formula is C17H21N3O2S. The summed E-state index contributed by atoms with van der Waals surface area (Å²) in [5, 5.41) is 0. The molecule has 0 aliphatic rings. The number of aromatic amines is 1. The first kappa shape index (κ1) is 17.3. The Kier molecular flexibility index (Phi) is 5.98. The summed E-state index contributed by atoms with van der Waals surface area (Å²) in [5.41, 5.74) is 0.940. The molecule has 0 radical (unpaired) electrons. The Labute approximate surface area is 140 Å². The highest BCUT2D eigenvalue weighted by Gasteiger charge is 2.17. The summed E-state index contributed by atoms with van der Waals surface area (Å²) in [4.78, 5) is 33.7. The van der Waals surface area contributed by atoms with E-state index in [4.69, 9.17) is 0 Å². The van der Waals surface area contributed by atoms with Crippen molar-refractivity contribution >= 4 is 17.7 Å². The van der Waals surface area contributed by atoms with Gasteiger partial charge in [-0.05, 0) is 32.9 Å². The minimum Gasteiger partial charge on any atom is -0.338 e. The molecule has 0 aliphatic carbocycles. The number of thioether (sulfide) groups is 1. The number of carbonyl (C=O) groups excluding carboxylic acids is 1. The lowest BCUT2D eigenvalue weighted by Gasteiger charge is -2.20. The van der Waals surface area contributed by atoms with Crippen molar-refractivity contribution in [2.24, 2.45) is 0 Å². The van der Waals surface area contributed by atoms with Crippen molar-refractivity contribution < 1.29 is 4.79 Å². The zero-order valence-corrected chi connectivity index (χ0v) is 14.4. The van der Waals surface area contributed by atoms with E-state index in [1.165, 1.54) is 16.7 Å². The molecule has 0 atom stereocenters. The molecule has 0 fully saturated rings. The Morgan fingerprint density at radius 2 is 1.96 bits per heavy atom. The molecule has 5 nitrogen and oxygen atoms in total. The first-order valence-electron chi connectivity index (χ1n) is 7.56. The number of hydrogen-bond acceptors (Lipinski definition) is 4. The molecule has 0 saturated heterocycles. The van der Waals surface area contributed by atoms with Gasteiger partial charge in [0.1, 0.15) is 11.4 Å². The number of aryl methyl sites for hydroxylation is 2. The molecule has 1 heterocycles. The monoisotopic (exact) mass is 331 g/mol. The van der Waals surface area contributed by atoms with Gasteiger partial charge < -0.3 is 9.88 Å². The molecule has 1 amide bonds. The average Bonchev–Trinajstić information content (AvgIpc) is 2.53. The van der Waals surface area contributed by atoms with Crippen molar-refractivity contribution in [2.45, 2.75) is 25.7 Å². The summed E-state index contributed by atoms with van der Waals surface area (Å²) >= 11 is 1.70. The van der Waals surface area contributed by atoms with Gasteiger partial charge in [0.25, 0.3) is 11.5 Å². The van der Waals surface area contributed by atoms with Crippen LogP contribution < -0.4 is 5.56 Å². The second-order valence-corrected chi connectivity index (χ2v) is 6.43. The SMILES string of the molecule is CCN(CCSc1ccc(C)cc1)C(=O)c1cnc(C)[nH]c1=O. The zero-order valence-electron chi connectivity index (χ0n) is 13.6. The molecule has 2 rings (SSSR count). The summed E-state index contributed by atoms with van der Waals surface area (Å²) < 4.78 is 0. The Morgan fingerprint density at radius 1 is 1.26 bits per heavy atom. The van der Waals surface area contributed by atoms with E-state index in [9.17, 15) is 9.59 Å². The van der Waals surface area contributed by atoms with Gasteiger partial charge in [-0.1, -0.05) is 17.7 Å². The average molecular weight is 331 g/mol. The maximum atomic E-state index is 12.5. The number of nitrogens with one attached hydrogen (secondary N) is 1. The van der Waals surface area contributed by atoms with Crippen LogP contribution in [0.3, 0.4) is 0 Å². The van der Waals surface area contributed by atoms with Gasteiger partial charge in [-0.2, -0.15) is 0 Å². The quantitative estimate of drug-likeness (QED) is 0.827. The van der Waals surface area contributed by atoms with Crippen molar-refractivity contribution in [3.05, 3.63) is 57.8 Å². The second-order valence-electron chi connectivity index (χ2n) is 5.26. The molecule has 23 heavy (non-hydrogen) atoms. The standard InChI is InChI=1S/C17H21N3O2S/c1-4-20(9-10-23-14-7-5-12(2)6-8-14)17(22)15-11-18-13(3)19-16(15)21/h5-8,11H,4,9-10H2,1-3H3,(H,18,19,21). The third kappa shape index (κ3) is 4.69. The van der Waals surface area contributed by atoms with Crippen LogP contribution in [0.1, 0.15) is 28.7 Å². The summed E-state index contributed by atoms with van der Waals surface area (Å²) in [6, 6.07) is 8.30. The van der Waals surface area contributed by atoms with Crippen molar-refractivity contribution in [3.63, 3.8) is 0 Å². The molecule has 1 aromatic heterocycles. The molecule has 122 valence electrons. The van der Waals surface area contributed by atoms with E-state index >= 15 is 0 Å². The first-order chi connectivity index (χ1) is 11.0. The Balaban J connectivity index is 1.97. The van der Waals surface area contributed by atoms with E-state index in [0.717, 1.165) is 5.75 Å². The summed E-state index contributed by atoms with van der Waals surface area (Å²) in [6.07, 6.45) is 1.35. The van der Waals surface area contributed by atoms with Crippen LogP contribution >= 0.6 is 11.8 Å². The van der Waals surface area contributed by atoms with Crippen molar-refractivity contribution in [1.82, 2.24) is 14.9 Å². The van der Waals surface area contributed by atoms with Crippen molar-refractivity contribution in [1.29, 1.82) is 0 Å². The maximum absolute atomic E-state index is 12.5. The van der Waals surface area contributed by atoms with Gasteiger partial charge in [0.05, 0.1) is 0 Å². The van der Waals surface area contributed by atoms with E-state index in [2.05, 4.69) is 41.2 Å². The van der Waals surface area contributed by atoms with E-state index < -0.39 is 0 Å². The van der Waals surface area contributed by atoms with Gasteiger partial charge in [-0.25, -0.2) is 4.98 Å². The van der Waals surface area contributed by atoms with Crippen LogP contribution in [0.5, 0.6) is 0 Å². The summed E-state index contributed by atoms with van der Waals surface area (Å²) in [7, 11) is 0. The first-order valence-corrected chi connectivity index (χ1v) is 8.54. The lowest BCUT2D eigenvalue weighted by Crippen LogP contribution is -2.36. The molecule has 0 unspecified atom stereocenters. The molecule has 1 aromatic carbocycles. The molecule has 2 aromatic rings. The van der Waals surface area contributed by atoms with Crippen LogP contribution in [0.4, 0.5) is 0 Å². The van der Waals surface area contributed by atoms with Gasteiger partial charge in [0.15, 0.2) is 0 Å². The lowest BCUT2D eigenvalue weighted by atomic mass is 10.2. The highest BCUT2D eigenvalue weighted by molar-refractivity contribution is 7.99. The number of aromatic nitrogens is 2. The van der Waals surface area contributed by atoms with Gasteiger partial charge in [-0.15, -0.1) is 11.8 Å². The number of benzene rings is 1. The zero-order chi connectivity index (χ0) is 16.8. The lowest BCUT2D eigenvalue weighted by molar-refractivity contribution is 0.0772. The van der Waals surface area contributed by atoms with E-state index in [1.807, 2.05) is 6.92 Å². The minimum absolute atomic E-state index is 0.0952. The minimum atomic E-state index is -0.382. The third-order valence-electron chi connectivity index (χ3n) is 3.48. The van der Waals surface area contributed by atoms with Crippen LogP contribution in [0.15, 0.2) is 40.2 Å². The molecule has 0 saturated carbocycles. The predicted octanol–water partition coefficient (Wildman–Crippen LogP) is 2.64. The number of hydrogen-bond donors (Lipinski definition) is 1. The van der Waals surface area contributed by atoms with Crippen LogP contribution in [-0.2, 0) is 0 Å². The van der Waals surface area contributed by atoms with Gasteiger partial charge in [0, 0.05) is 29.9 Å². The van der Waals surface area contributed by atoms with Gasteiger partial charge in [0.2, 0.25) is 0 Å². The Morgan fingerprint density at radius 3 is 2.57 bits per heavy atom. The van der Waals surface area contributed by atoms with Gasteiger partial charge in [-0.3, -0.25) is 9.59 Å². The largest absolute Gasteiger partial charge is 0.338 e. The summed E-state index contributed by atoms with van der Waals surface area (Å²) in [5.74, 6) is 1.01. The number of carbonyl (C=O) groups is 1.